The molecule has 0 saturated carbocycles. The normalized spacial score (nSPS) is 10.3. The summed E-state index contributed by atoms with van der Waals surface area (Å²) in [4.78, 5) is 11.5. The summed E-state index contributed by atoms with van der Waals surface area (Å²) in [5, 5.41) is 3.22. The van der Waals surface area contributed by atoms with Crippen LogP contribution in [0.4, 0.5) is 8.78 Å². The van der Waals surface area contributed by atoms with Crippen LogP contribution >= 0.6 is 15.9 Å². The molecule has 0 aliphatic heterocycles. The molecule has 0 bridgehead atoms. The maximum Gasteiger partial charge on any atom is 0.251 e. The Kier molecular flexibility index (Phi) is 6.07. The van der Waals surface area contributed by atoms with Crippen molar-refractivity contribution in [2.24, 2.45) is 0 Å². The molecule has 1 N–H and O–H groups in total. The van der Waals surface area contributed by atoms with Crippen molar-refractivity contribution in [2.75, 3.05) is 25.1 Å². The molecule has 94 valence electrons. The maximum absolute atomic E-state index is 12.8. The summed E-state index contributed by atoms with van der Waals surface area (Å²) in [6.07, 6.45) is 0. The summed E-state index contributed by atoms with van der Waals surface area (Å²) >= 11 is 3.19. The van der Waals surface area contributed by atoms with Gasteiger partial charge in [0.15, 0.2) is 0 Å². The molecule has 0 spiro atoms. The number of hydrogen-bond donors (Lipinski definition) is 1. The highest BCUT2D eigenvalue weighted by molar-refractivity contribution is 9.09. The standard InChI is InChI=1S/C11H12BrF2NO2/c12-1-3-17-4-2-15-11(16)8-5-9(13)7-10(14)6-8/h5-7H,1-4H2,(H,15,16). The number of hydrogen-bond acceptors (Lipinski definition) is 2. The van der Waals surface area contributed by atoms with Crippen molar-refractivity contribution in [1.82, 2.24) is 5.32 Å². The van der Waals surface area contributed by atoms with Crippen molar-refractivity contribution in [3.8, 4) is 0 Å². The molecule has 17 heavy (non-hydrogen) atoms. The van der Waals surface area contributed by atoms with Crippen molar-refractivity contribution in [2.45, 2.75) is 0 Å². The van der Waals surface area contributed by atoms with E-state index in [1.54, 1.807) is 0 Å². The van der Waals surface area contributed by atoms with E-state index in [0.717, 1.165) is 23.5 Å². The average Bonchev–Trinajstić information content (AvgIpc) is 2.27. The molecular weight excluding hydrogens is 296 g/mol. The Morgan fingerprint density at radius 3 is 2.47 bits per heavy atom. The minimum absolute atomic E-state index is 0.0389. The molecule has 0 aromatic heterocycles. The Morgan fingerprint density at radius 2 is 1.88 bits per heavy atom. The molecule has 1 rings (SSSR count). The third-order valence-corrected chi connectivity index (χ3v) is 2.20. The van der Waals surface area contributed by atoms with Crippen molar-refractivity contribution in [1.29, 1.82) is 0 Å². The molecule has 1 aromatic carbocycles. The van der Waals surface area contributed by atoms with Gasteiger partial charge in [-0.05, 0) is 12.1 Å². The smallest absolute Gasteiger partial charge is 0.251 e. The Morgan fingerprint density at radius 1 is 1.24 bits per heavy atom. The molecule has 0 radical (unpaired) electrons. The summed E-state index contributed by atoms with van der Waals surface area (Å²) in [7, 11) is 0. The van der Waals surface area contributed by atoms with Crippen LogP contribution in [0.2, 0.25) is 0 Å². The molecule has 0 aliphatic rings. The fourth-order valence-electron chi connectivity index (χ4n) is 1.18. The van der Waals surface area contributed by atoms with Crippen LogP contribution in [0.25, 0.3) is 0 Å². The lowest BCUT2D eigenvalue weighted by molar-refractivity contribution is 0.0923. The first kappa shape index (κ1) is 14.1. The first-order valence-electron chi connectivity index (χ1n) is 5.01. The van der Waals surface area contributed by atoms with Crippen molar-refractivity contribution < 1.29 is 18.3 Å². The van der Waals surface area contributed by atoms with Gasteiger partial charge in [0.1, 0.15) is 11.6 Å². The fraction of sp³-hybridized carbons (Fsp3) is 0.364. The maximum atomic E-state index is 12.8. The lowest BCUT2D eigenvalue weighted by Crippen LogP contribution is -2.27. The van der Waals surface area contributed by atoms with Gasteiger partial charge in [0, 0.05) is 23.5 Å². The molecule has 0 heterocycles. The van der Waals surface area contributed by atoms with Crippen molar-refractivity contribution >= 4 is 21.8 Å². The number of amides is 1. The van der Waals surface area contributed by atoms with Gasteiger partial charge in [0.25, 0.3) is 5.91 Å². The summed E-state index contributed by atoms with van der Waals surface area (Å²) in [6, 6.07) is 2.69. The van der Waals surface area contributed by atoms with E-state index in [2.05, 4.69) is 21.2 Å². The van der Waals surface area contributed by atoms with Crippen LogP contribution in [-0.4, -0.2) is 31.0 Å². The van der Waals surface area contributed by atoms with Gasteiger partial charge >= 0.3 is 0 Å². The predicted octanol–water partition coefficient (Wildman–Crippen LogP) is 2.11. The minimum atomic E-state index is -0.773. The van der Waals surface area contributed by atoms with Gasteiger partial charge in [0.05, 0.1) is 13.2 Å². The lowest BCUT2D eigenvalue weighted by atomic mass is 10.2. The van der Waals surface area contributed by atoms with Crippen LogP contribution in [0.1, 0.15) is 10.4 Å². The second-order valence-electron chi connectivity index (χ2n) is 3.22. The molecule has 0 saturated heterocycles. The van der Waals surface area contributed by atoms with Gasteiger partial charge < -0.3 is 10.1 Å². The van der Waals surface area contributed by atoms with E-state index in [1.165, 1.54) is 0 Å². The van der Waals surface area contributed by atoms with E-state index in [9.17, 15) is 13.6 Å². The second kappa shape index (κ2) is 7.34. The average molecular weight is 308 g/mol. The second-order valence-corrected chi connectivity index (χ2v) is 4.01. The van der Waals surface area contributed by atoms with E-state index < -0.39 is 17.5 Å². The SMILES string of the molecule is O=C(NCCOCCBr)c1cc(F)cc(F)c1. The number of rotatable bonds is 6. The number of alkyl halides is 1. The van der Waals surface area contributed by atoms with E-state index in [-0.39, 0.29) is 5.56 Å². The van der Waals surface area contributed by atoms with Crippen LogP contribution in [0, 0.1) is 11.6 Å². The first-order valence-corrected chi connectivity index (χ1v) is 6.13. The first-order chi connectivity index (χ1) is 8.13. The topological polar surface area (TPSA) is 38.3 Å². The van der Waals surface area contributed by atoms with E-state index >= 15 is 0 Å². The minimum Gasteiger partial charge on any atom is -0.379 e. The van der Waals surface area contributed by atoms with E-state index in [0.29, 0.717) is 19.8 Å². The number of nitrogens with one attached hydrogen (secondary N) is 1. The highest BCUT2D eigenvalue weighted by Gasteiger charge is 2.08. The van der Waals surface area contributed by atoms with Crippen LogP contribution in [0.15, 0.2) is 18.2 Å². The molecule has 0 unspecified atom stereocenters. The number of carbonyl (C=O) groups is 1. The largest absolute Gasteiger partial charge is 0.379 e. The van der Waals surface area contributed by atoms with Gasteiger partial charge in [-0.25, -0.2) is 8.78 Å². The van der Waals surface area contributed by atoms with Crippen LogP contribution < -0.4 is 5.32 Å². The Balaban J connectivity index is 2.41. The molecule has 0 fully saturated rings. The Bertz CT molecular complexity index is 367. The third-order valence-electron chi connectivity index (χ3n) is 1.88. The number of halogens is 3. The molecule has 0 aliphatic carbocycles. The Hall–Kier alpha value is -1.01. The quantitative estimate of drug-likeness (QED) is 0.646. The van der Waals surface area contributed by atoms with E-state index in [4.69, 9.17) is 4.74 Å². The van der Waals surface area contributed by atoms with Crippen LogP contribution in [0.3, 0.4) is 0 Å². The zero-order chi connectivity index (χ0) is 12.7. The molecule has 1 amide bonds. The van der Waals surface area contributed by atoms with E-state index in [1.807, 2.05) is 0 Å². The third kappa shape index (κ3) is 5.23. The summed E-state index contributed by atoms with van der Waals surface area (Å²) in [5.41, 5.74) is -0.0389. The number of carbonyl (C=O) groups excluding carboxylic acids is 1. The highest BCUT2D eigenvalue weighted by atomic mass is 79.9. The monoisotopic (exact) mass is 307 g/mol. The molecule has 6 heteroatoms. The van der Waals surface area contributed by atoms with Crippen molar-refractivity contribution in [3.05, 3.63) is 35.4 Å². The van der Waals surface area contributed by atoms with Crippen LogP contribution in [0.5, 0.6) is 0 Å². The van der Waals surface area contributed by atoms with Gasteiger partial charge in [-0.2, -0.15) is 0 Å². The lowest BCUT2D eigenvalue weighted by Gasteiger charge is -2.05. The molecule has 3 nitrogen and oxygen atoms in total. The van der Waals surface area contributed by atoms with Gasteiger partial charge in [-0.1, -0.05) is 15.9 Å². The summed E-state index contributed by atoms with van der Waals surface area (Å²) in [5.74, 6) is -2.07. The highest BCUT2D eigenvalue weighted by Crippen LogP contribution is 2.07. The van der Waals surface area contributed by atoms with Gasteiger partial charge in [0.2, 0.25) is 0 Å². The number of ether oxygens (including phenoxy) is 1. The number of benzene rings is 1. The zero-order valence-corrected chi connectivity index (χ0v) is 10.6. The fourth-order valence-corrected chi connectivity index (χ4v) is 1.41. The van der Waals surface area contributed by atoms with Crippen LogP contribution in [-0.2, 0) is 4.74 Å². The van der Waals surface area contributed by atoms with Crippen molar-refractivity contribution in [3.63, 3.8) is 0 Å². The zero-order valence-electron chi connectivity index (χ0n) is 9.01. The van der Waals surface area contributed by atoms with Gasteiger partial charge in [-0.3, -0.25) is 4.79 Å². The molecular formula is C11H12BrF2NO2. The molecule has 0 atom stereocenters. The predicted molar refractivity (Wildman–Crippen MR) is 63.3 cm³/mol. The van der Waals surface area contributed by atoms with Gasteiger partial charge in [-0.15, -0.1) is 0 Å². The summed E-state index contributed by atoms with van der Waals surface area (Å²) < 4.78 is 30.8. The summed E-state index contributed by atoms with van der Waals surface area (Å²) in [6.45, 7) is 1.20. The Labute approximate surface area is 106 Å². The molecule has 1 aromatic rings.